The molecule has 0 radical (unpaired) electrons. The number of hydrogen-bond acceptors (Lipinski definition) is 6. The van der Waals surface area contributed by atoms with Gasteiger partial charge in [-0.25, -0.2) is 4.39 Å². The maximum atomic E-state index is 14.4. The largest absolute Gasteiger partial charge is 0.493 e. The van der Waals surface area contributed by atoms with Gasteiger partial charge in [0.2, 0.25) is 0 Å². The van der Waals surface area contributed by atoms with Crippen molar-refractivity contribution in [1.29, 1.82) is 0 Å². The molecule has 0 fully saturated rings. The van der Waals surface area contributed by atoms with Crippen LogP contribution >= 0.6 is 0 Å². The zero-order valence-corrected chi connectivity index (χ0v) is 18.7. The van der Waals surface area contributed by atoms with Crippen LogP contribution in [0.15, 0.2) is 59.5 Å². The Kier molecular flexibility index (Phi) is 6.08. The van der Waals surface area contributed by atoms with Gasteiger partial charge in [-0.05, 0) is 37.3 Å². The fourth-order valence-corrected chi connectivity index (χ4v) is 4.66. The van der Waals surface area contributed by atoms with E-state index in [-0.39, 0.29) is 11.5 Å². The third-order valence-electron chi connectivity index (χ3n) is 5.27. The van der Waals surface area contributed by atoms with Crippen molar-refractivity contribution >= 4 is 10.1 Å². The molecule has 3 aromatic carbocycles. The van der Waals surface area contributed by atoms with Crippen molar-refractivity contribution in [3.63, 3.8) is 0 Å². The minimum Gasteiger partial charge on any atom is -0.493 e. The predicted octanol–water partition coefficient (Wildman–Crippen LogP) is 4.53. The number of para-hydroxylation sites is 1. The average molecular weight is 459 g/mol. The number of aryl methyl sites for hydroxylation is 1. The number of hydrogen-bond donors (Lipinski definition) is 0. The molecule has 0 saturated carbocycles. The summed E-state index contributed by atoms with van der Waals surface area (Å²) in [5, 5.41) is 0. The molecule has 0 N–H and O–H groups in total. The maximum Gasteiger partial charge on any atom is 0.297 e. The van der Waals surface area contributed by atoms with E-state index in [2.05, 4.69) is 0 Å². The summed E-state index contributed by atoms with van der Waals surface area (Å²) >= 11 is 0. The van der Waals surface area contributed by atoms with Gasteiger partial charge >= 0.3 is 0 Å². The Morgan fingerprint density at radius 3 is 2.47 bits per heavy atom. The lowest BCUT2D eigenvalue weighted by Gasteiger charge is -2.16. The van der Waals surface area contributed by atoms with E-state index in [1.165, 1.54) is 38.5 Å². The van der Waals surface area contributed by atoms with Gasteiger partial charge in [-0.1, -0.05) is 29.8 Å². The molecule has 1 unspecified atom stereocenters. The van der Waals surface area contributed by atoms with E-state index in [4.69, 9.17) is 18.4 Å². The number of rotatable bonds is 7. The first-order valence-corrected chi connectivity index (χ1v) is 11.4. The van der Waals surface area contributed by atoms with Crippen LogP contribution in [0.3, 0.4) is 0 Å². The number of fused-ring (bicyclic) bond motifs is 1. The number of methoxy groups -OCH3 is 2. The molecule has 0 aliphatic carbocycles. The Hall–Kier alpha value is -3.10. The van der Waals surface area contributed by atoms with Gasteiger partial charge in [0.1, 0.15) is 24.3 Å². The molecule has 1 atom stereocenters. The summed E-state index contributed by atoms with van der Waals surface area (Å²) in [6.45, 7) is 1.68. The highest BCUT2D eigenvalue weighted by atomic mass is 32.2. The van der Waals surface area contributed by atoms with E-state index in [1.807, 2.05) is 6.92 Å². The van der Waals surface area contributed by atoms with Gasteiger partial charge in [0.15, 0.2) is 11.5 Å². The Morgan fingerprint density at radius 2 is 1.78 bits per heavy atom. The van der Waals surface area contributed by atoms with Crippen LogP contribution in [0.2, 0.25) is 0 Å². The van der Waals surface area contributed by atoms with E-state index >= 15 is 0 Å². The molecule has 1 heterocycles. The molecule has 8 heteroatoms. The molecule has 32 heavy (non-hydrogen) atoms. The molecule has 0 amide bonds. The Balaban J connectivity index is 1.59. The molecule has 0 spiro atoms. The van der Waals surface area contributed by atoms with Crippen molar-refractivity contribution in [3.8, 4) is 28.4 Å². The van der Waals surface area contributed by atoms with Gasteiger partial charge < -0.3 is 14.2 Å². The minimum absolute atomic E-state index is 0.0754. The molecule has 3 aromatic rings. The molecule has 0 bridgehead atoms. The average Bonchev–Trinajstić information content (AvgIpc) is 3.19. The van der Waals surface area contributed by atoms with Gasteiger partial charge in [-0.3, -0.25) is 4.18 Å². The number of ether oxygens (including phenoxy) is 3. The summed E-state index contributed by atoms with van der Waals surface area (Å²) < 4.78 is 61.5. The fraction of sp³-hybridized carbons (Fsp3) is 0.250. The second-order valence-electron chi connectivity index (χ2n) is 7.48. The third-order valence-corrected chi connectivity index (χ3v) is 6.57. The van der Waals surface area contributed by atoms with Crippen LogP contribution in [0.4, 0.5) is 4.39 Å². The minimum atomic E-state index is -3.93. The Labute approximate surface area is 186 Å². The van der Waals surface area contributed by atoms with E-state index in [0.717, 1.165) is 5.56 Å². The zero-order chi connectivity index (χ0) is 22.9. The van der Waals surface area contributed by atoms with E-state index in [1.54, 1.807) is 30.3 Å². The van der Waals surface area contributed by atoms with Gasteiger partial charge in [0.25, 0.3) is 10.1 Å². The van der Waals surface area contributed by atoms with Crippen LogP contribution < -0.4 is 14.2 Å². The second kappa shape index (κ2) is 8.80. The van der Waals surface area contributed by atoms with Crippen LogP contribution in [-0.2, 0) is 20.7 Å². The van der Waals surface area contributed by atoms with Crippen molar-refractivity contribution in [1.82, 2.24) is 0 Å². The molecule has 6 nitrogen and oxygen atoms in total. The predicted molar refractivity (Wildman–Crippen MR) is 117 cm³/mol. The van der Waals surface area contributed by atoms with Crippen molar-refractivity contribution < 1.29 is 31.2 Å². The third kappa shape index (κ3) is 4.28. The smallest absolute Gasteiger partial charge is 0.297 e. The summed E-state index contributed by atoms with van der Waals surface area (Å²) in [6.07, 6.45) is -0.266. The molecular weight excluding hydrogens is 435 g/mol. The summed E-state index contributed by atoms with van der Waals surface area (Å²) in [4.78, 5) is 0.0754. The zero-order valence-electron chi connectivity index (χ0n) is 17.9. The van der Waals surface area contributed by atoms with Crippen molar-refractivity contribution in [3.05, 3.63) is 71.5 Å². The molecular formula is C24H23FO6S. The molecule has 168 valence electrons. The highest BCUT2D eigenvalue weighted by Gasteiger charge is 2.30. The number of benzene rings is 3. The first kappa shape index (κ1) is 22.1. The summed E-state index contributed by atoms with van der Waals surface area (Å²) in [5.74, 6) is 0.999. The van der Waals surface area contributed by atoms with Gasteiger partial charge in [-0.15, -0.1) is 0 Å². The van der Waals surface area contributed by atoms with Crippen molar-refractivity contribution in [2.24, 2.45) is 0 Å². The van der Waals surface area contributed by atoms with Crippen LogP contribution in [-0.4, -0.2) is 35.3 Å². The summed E-state index contributed by atoms with van der Waals surface area (Å²) in [6, 6.07) is 14.5. The molecule has 4 rings (SSSR count). The molecule has 1 aliphatic rings. The lowest BCUT2D eigenvalue weighted by Crippen LogP contribution is -2.23. The molecule has 0 saturated heterocycles. The maximum absolute atomic E-state index is 14.4. The van der Waals surface area contributed by atoms with Crippen LogP contribution in [0.5, 0.6) is 17.2 Å². The quantitative estimate of drug-likeness (QED) is 0.485. The fourth-order valence-electron chi connectivity index (χ4n) is 3.73. The summed E-state index contributed by atoms with van der Waals surface area (Å²) in [7, 11) is -0.901. The lowest BCUT2D eigenvalue weighted by atomic mass is 9.99. The van der Waals surface area contributed by atoms with E-state index < -0.39 is 22.0 Å². The Bertz CT molecular complexity index is 1240. The van der Waals surface area contributed by atoms with Crippen molar-refractivity contribution in [2.75, 3.05) is 20.8 Å². The highest BCUT2D eigenvalue weighted by Crippen LogP contribution is 2.45. The topological polar surface area (TPSA) is 71.1 Å². The molecule has 0 aromatic heterocycles. The lowest BCUT2D eigenvalue weighted by molar-refractivity contribution is 0.152. The van der Waals surface area contributed by atoms with E-state index in [0.29, 0.717) is 40.4 Å². The SMILES string of the molecule is COc1cccc(-c2cc(F)cc3c2OC(COS(=O)(=O)c2ccc(C)cc2)C3)c1OC. The van der Waals surface area contributed by atoms with Crippen LogP contribution in [0.25, 0.3) is 11.1 Å². The van der Waals surface area contributed by atoms with Crippen molar-refractivity contribution in [2.45, 2.75) is 24.3 Å². The van der Waals surface area contributed by atoms with Gasteiger partial charge in [0, 0.05) is 23.1 Å². The van der Waals surface area contributed by atoms with E-state index in [9.17, 15) is 12.8 Å². The van der Waals surface area contributed by atoms with Gasteiger partial charge in [0.05, 0.1) is 19.1 Å². The normalized spacial score (nSPS) is 15.2. The highest BCUT2D eigenvalue weighted by molar-refractivity contribution is 7.86. The summed E-state index contributed by atoms with van der Waals surface area (Å²) in [5.41, 5.74) is 2.68. The number of halogens is 1. The van der Waals surface area contributed by atoms with Gasteiger partial charge in [-0.2, -0.15) is 8.42 Å². The first-order valence-electron chi connectivity index (χ1n) is 9.99. The van der Waals surface area contributed by atoms with Crippen LogP contribution in [0, 0.1) is 12.7 Å². The monoisotopic (exact) mass is 458 g/mol. The standard InChI is InChI=1S/C24H23FO6S/c1-15-7-9-19(10-8-15)32(26,27)30-14-18-12-16-11-17(25)13-21(23(16)31-18)20-5-4-6-22(28-2)24(20)29-3/h4-11,13,18H,12,14H2,1-3H3. The Morgan fingerprint density at radius 1 is 1.03 bits per heavy atom. The first-order chi connectivity index (χ1) is 15.3. The molecule has 1 aliphatic heterocycles. The van der Waals surface area contributed by atoms with Crippen LogP contribution in [0.1, 0.15) is 11.1 Å². The second-order valence-corrected chi connectivity index (χ2v) is 9.09.